The Hall–Kier alpha value is -3.71. The average Bonchev–Trinajstić information content (AvgIpc) is 2.96. The molecule has 0 aliphatic carbocycles. The van der Waals surface area contributed by atoms with Crippen LogP contribution in [0, 0.1) is 0 Å². The van der Waals surface area contributed by atoms with Gasteiger partial charge in [-0.1, -0.05) is 77.6 Å². The molecule has 7 nitrogen and oxygen atoms in total. The van der Waals surface area contributed by atoms with Crippen molar-refractivity contribution in [1.29, 1.82) is 0 Å². The summed E-state index contributed by atoms with van der Waals surface area (Å²) in [5, 5.41) is 12.2. The van der Waals surface area contributed by atoms with E-state index in [4.69, 9.17) is 9.47 Å². The lowest BCUT2D eigenvalue weighted by molar-refractivity contribution is 0.248. The molecule has 3 rings (SSSR count). The molecular formula is C33H45N3O4. The summed E-state index contributed by atoms with van der Waals surface area (Å²) in [6, 6.07) is 20.7. The second-order valence-corrected chi connectivity index (χ2v) is 10.1. The second-order valence-electron chi connectivity index (χ2n) is 10.1. The van der Waals surface area contributed by atoms with Crippen LogP contribution in [0.2, 0.25) is 0 Å². The number of carbonyl (C=O) groups excluding carboxylic acids is 1. The Bertz CT molecular complexity index is 1090. The lowest BCUT2D eigenvalue weighted by Gasteiger charge is -2.11. The minimum atomic E-state index is -0.295. The van der Waals surface area contributed by atoms with E-state index in [2.05, 4.69) is 23.1 Å². The highest BCUT2D eigenvalue weighted by Crippen LogP contribution is 2.28. The zero-order chi connectivity index (χ0) is 28.3. The Kier molecular flexibility index (Phi) is 14.3. The summed E-state index contributed by atoms with van der Waals surface area (Å²) in [7, 11) is 0. The number of ether oxygens (including phenoxy) is 2. The monoisotopic (exact) mass is 547 g/mol. The van der Waals surface area contributed by atoms with Gasteiger partial charge in [-0.25, -0.2) is 10.2 Å². The van der Waals surface area contributed by atoms with Crippen molar-refractivity contribution in [1.82, 2.24) is 10.9 Å². The molecule has 40 heavy (non-hydrogen) atoms. The van der Waals surface area contributed by atoms with Gasteiger partial charge in [0.2, 0.25) is 0 Å². The minimum absolute atomic E-state index is 0.194. The molecule has 0 fully saturated rings. The van der Waals surface area contributed by atoms with Gasteiger partial charge < -0.3 is 19.9 Å². The van der Waals surface area contributed by atoms with Gasteiger partial charge in [0.15, 0.2) is 0 Å². The molecule has 0 heterocycles. The van der Waals surface area contributed by atoms with Crippen LogP contribution in [0.5, 0.6) is 28.7 Å². The van der Waals surface area contributed by atoms with Crippen LogP contribution >= 0.6 is 0 Å². The number of amides is 2. The summed E-state index contributed by atoms with van der Waals surface area (Å²) >= 11 is 0. The van der Waals surface area contributed by atoms with Crippen LogP contribution in [0.15, 0.2) is 72.8 Å². The molecule has 0 saturated carbocycles. The maximum atomic E-state index is 12.1. The van der Waals surface area contributed by atoms with Gasteiger partial charge in [0, 0.05) is 12.2 Å². The number of carbonyl (C=O) groups is 1. The number of phenols is 1. The van der Waals surface area contributed by atoms with Crippen LogP contribution in [0.4, 0.5) is 10.5 Å². The van der Waals surface area contributed by atoms with Gasteiger partial charge in [0.25, 0.3) is 0 Å². The fourth-order valence-corrected chi connectivity index (χ4v) is 4.33. The fourth-order valence-electron chi connectivity index (χ4n) is 4.33. The van der Waals surface area contributed by atoms with Crippen LogP contribution < -0.4 is 25.6 Å². The predicted octanol–water partition coefficient (Wildman–Crippen LogP) is 9.30. The van der Waals surface area contributed by atoms with Crippen molar-refractivity contribution in [2.75, 3.05) is 11.9 Å². The van der Waals surface area contributed by atoms with E-state index in [0.29, 0.717) is 28.7 Å². The largest absolute Gasteiger partial charge is 0.508 e. The van der Waals surface area contributed by atoms with Crippen molar-refractivity contribution in [2.24, 2.45) is 0 Å². The number of urea groups is 1. The van der Waals surface area contributed by atoms with E-state index >= 15 is 0 Å². The third-order valence-electron chi connectivity index (χ3n) is 6.60. The smallest absolute Gasteiger partial charge is 0.333 e. The molecule has 0 spiro atoms. The number of nitrogens with one attached hydrogen (secondary N) is 3. The molecule has 3 aromatic carbocycles. The van der Waals surface area contributed by atoms with E-state index in [1.807, 2.05) is 24.3 Å². The minimum Gasteiger partial charge on any atom is -0.508 e. The van der Waals surface area contributed by atoms with Gasteiger partial charge in [0.05, 0.1) is 0 Å². The first-order valence-corrected chi connectivity index (χ1v) is 14.8. The molecule has 0 bridgehead atoms. The second kappa shape index (κ2) is 18.6. The zero-order valence-electron chi connectivity index (χ0n) is 23.8. The maximum absolute atomic E-state index is 12.1. The Morgan fingerprint density at radius 1 is 0.600 bits per heavy atom. The molecule has 2 amide bonds. The molecule has 4 N–H and O–H groups in total. The Labute approximate surface area is 239 Å². The van der Waals surface area contributed by atoms with Crippen molar-refractivity contribution in [3.63, 3.8) is 0 Å². The van der Waals surface area contributed by atoms with Crippen LogP contribution in [-0.2, 0) is 0 Å². The quantitative estimate of drug-likeness (QED) is 0.0886. The fraction of sp³-hybridized carbons (Fsp3) is 0.424. The predicted molar refractivity (Wildman–Crippen MR) is 162 cm³/mol. The number of unbranched alkanes of at least 4 members (excludes halogenated alkanes) is 11. The molecule has 0 radical (unpaired) electrons. The first-order valence-electron chi connectivity index (χ1n) is 14.8. The standard InChI is InChI=1S/C33H45N3O4/c1-2-3-4-5-6-7-8-9-10-11-12-13-26-34-36-33(38)35-27-14-18-29(19-15-27)39-31-22-24-32(25-23-31)40-30-20-16-28(37)17-21-30/h14-25,34,37H,2-13,26H2,1H3,(H2,35,36,38). The van der Waals surface area contributed by atoms with Gasteiger partial charge in [-0.05, 0) is 79.2 Å². The molecule has 0 aliphatic heterocycles. The molecule has 7 heteroatoms. The highest BCUT2D eigenvalue weighted by Gasteiger charge is 2.04. The molecule has 0 atom stereocenters. The first-order chi connectivity index (χ1) is 19.6. The molecule has 0 aliphatic rings. The summed E-state index contributed by atoms with van der Waals surface area (Å²) in [6.07, 6.45) is 15.8. The zero-order valence-corrected chi connectivity index (χ0v) is 23.8. The molecule has 216 valence electrons. The number of benzene rings is 3. The molecule has 0 unspecified atom stereocenters. The summed E-state index contributed by atoms with van der Waals surface area (Å²) in [5.41, 5.74) is 6.37. The van der Waals surface area contributed by atoms with Crippen molar-refractivity contribution < 1.29 is 19.4 Å². The van der Waals surface area contributed by atoms with Crippen molar-refractivity contribution in [2.45, 2.75) is 84.0 Å². The Morgan fingerprint density at radius 2 is 1.00 bits per heavy atom. The van der Waals surface area contributed by atoms with Gasteiger partial charge in [0.1, 0.15) is 28.7 Å². The summed E-state index contributed by atoms with van der Waals surface area (Å²) in [6.45, 7) is 3.02. The van der Waals surface area contributed by atoms with E-state index in [-0.39, 0.29) is 11.8 Å². The third kappa shape index (κ3) is 12.9. The molecule has 3 aromatic rings. The Balaban J connectivity index is 1.22. The normalized spacial score (nSPS) is 10.7. The van der Waals surface area contributed by atoms with Gasteiger partial charge in [-0.2, -0.15) is 0 Å². The number of hydrogen-bond acceptors (Lipinski definition) is 5. The number of hydrazine groups is 1. The maximum Gasteiger partial charge on any atom is 0.333 e. The van der Waals surface area contributed by atoms with Gasteiger partial charge >= 0.3 is 6.03 Å². The average molecular weight is 548 g/mol. The van der Waals surface area contributed by atoms with E-state index in [1.165, 1.54) is 70.6 Å². The van der Waals surface area contributed by atoms with Crippen LogP contribution in [0.3, 0.4) is 0 Å². The summed E-state index contributed by atoms with van der Waals surface area (Å²) in [5.74, 6) is 2.82. The van der Waals surface area contributed by atoms with E-state index < -0.39 is 0 Å². The van der Waals surface area contributed by atoms with Gasteiger partial charge in [-0.3, -0.25) is 5.43 Å². The van der Waals surface area contributed by atoms with Crippen molar-refractivity contribution in [3.8, 4) is 28.7 Å². The highest BCUT2D eigenvalue weighted by atomic mass is 16.5. The lowest BCUT2D eigenvalue weighted by Crippen LogP contribution is -2.40. The Morgan fingerprint density at radius 3 is 1.48 bits per heavy atom. The van der Waals surface area contributed by atoms with Gasteiger partial charge in [-0.15, -0.1) is 0 Å². The van der Waals surface area contributed by atoms with Crippen LogP contribution in [0.1, 0.15) is 84.0 Å². The molecular weight excluding hydrogens is 502 g/mol. The van der Waals surface area contributed by atoms with E-state index in [0.717, 1.165) is 13.0 Å². The van der Waals surface area contributed by atoms with Crippen LogP contribution in [-0.4, -0.2) is 17.7 Å². The van der Waals surface area contributed by atoms with Crippen molar-refractivity contribution >= 4 is 11.7 Å². The highest BCUT2D eigenvalue weighted by molar-refractivity contribution is 5.88. The van der Waals surface area contributed by atoms with Crippen LogP contribution in [0.25, 0.3) is 0 Å². The summed E-state index contributed by atoms with van der Waals surface area (Å²) < 4.78 is 11.6. The summed E-state index contributed by atoms with van der Waals surface area (Å²) in [4.78, 5) is 12.1. The van der Waals surface area contributed by atoms with E-state index in [1.54, 1.807) is 48.5 Å². The van der Waals surface area contributed by atoms with E-state index in [9.17, 15) is 9.90 Å². The molecule has 0 saturated heterocycles. The SMILES string of the molecule is CCCCCCCCCCCCCCNNC(=O)Nc1ccc(Oc2ccc(Oc3ccc(O)cc3)cc2)cc1. The number of phenolic OH excluding ortho intramolecular Hbond substituents is 1. The number of aromatic hydroxyl groups is 1. The van der Waals surface area contributed by atoms with Crippen molar-refractivity contribution in [3.05, 3.63) is 72.8 Å². The number of hydrogen-bond donors (Lipinski definition) is 4. The third-order valence-corrected chi connectivity index (χ3v) is 6.60. The first kappa shape index (κ1) is 30.8. The topological polar surface area (TPSA) is 91.9 Å². The number of rotatable bonds is 19. The lowest BCUT2D eigenvalue weighted by atomic mass is 10.1. The molecule has 0 aromatic heterocycles. The number of anilines is 1.